The Morgan fingerprint density at radius 1 is 0.705 bits per heavy atom. The lowest BCUT2D eigenvalue weighted by atomic mass is 9.79. The zero-order valence-electron chi connectivity index (χ0n) is 25.1. The minimum Gasteiger partial charge on any atom is -0.491 e. The predicted molar refractivity (Wildman–Crippen MR) is 173 cm³/mol. The lowest BCUT2D eigenvalue weighted by Crippen LogP contribution is -2.43. The molecule has 2 aliphatic rings. The Bertz CT molecular complexity index is 1140. The van der Waals surface area contributed by atoms with Gasteiger partial charge in [-0.1, -0.05) is 58.1 Å². The van der Waals surface area contributed by atoms with Gasteiger partial charge in [-0.05, 0) is 74.2 Å². The molecule has 0 heterocycles. The van der Waals surface area contributed by atoms with E-state index in [1.165, 1.54) is 0 Å². The lowest BCUT2D eigenvalue weighted by molar-refractivity contribution is -0.0347. The normalized spacial score (nSPS) is 16.7. The first kappa shape index (κ1) is 36.9. The fourth-order valence-electron chi connectivity index (χ4n) is 5.54. The summed E-state index contributed by atoms with van der Waals surface area (Å²) >= 11 is 0. The monoisotopic (exact) mass is 610 g/mol. The lowest BCUT2D eigenvalue weighted by Gasteiger charge is -2.35. The second kappa shape index (κ2) is 19.2. The molecule has 0 aromatic heterocycles. The van der Waals surface area contributed by atoms with E-state index in [1.54, 1.807) is 60.7 Å². The maximum atomic E-state index is 12.8. The number of carbonyl (C=O) groups is 2. The van der Waals surface area contributed by atoms with Gasteiger partial charge in [0.1, 0.15) is 29.3 Å². The first-order valence-electron chi connectivity index (χ1n) is 15.2. The first-order valence-corrected chi connectivity index (χ1v) is 15.2. The minimum atomic E-state index is -1.18. The van der Waals surface area contributed by atoms with Gasteiger partial charge in [0.25, 0.3) is 0 Å². The molecule has 8 heteroatoms. The van der Waals surface area contributed by atoms with Crippen LogP contribution in [0.5, 0.6) is 11.5 Å². The Labute approximate surface area is 262 Å². The summed E-state index contributed by atoms with van der Waals surface area (Å²) in [6.45, 7) is 8.69. The van der Waals surface area contributed by atoms with E-state index in [-0.39, 0.29) is 25.8 Å². The van der Waals surface area contributed by atoms with Gasteiger partial charge in [0.2, 0.25) is 0 Å². The molecule has 242 valence electrons. The highest BCUT2D eigenvalue weighted by molar-refractivity contribution is 6.03. The average Bonchev–Trinajstić information content (AvgIpc) is 3.05. The second-order valence-corrected chi connectivity index (χ2v) is 10.9. The first-order chi connectivity index (χ1) is 20.9. The Balaban J connectivity index is 0.000000300. The summed E-state index contributed by atoms with van der Waals surface area (Å²) in [5.74, 6) is 1.08. The van der Waals surface area contributed by atoms with Gasteiger partial charge in [0.05, 0.1) is 19.8 Å². The van der Waals surface area contributed by atoms with Crippen molar-refractivity contribution < 1.29 is 38.7 Å². The minimum absolute atomic E-state index is 0. The number of benzene rings is 2. The molecule has 0 aliphatic heterocycles. The maximum absolute atomic E-state index is 12.8. The van der Waals surface area contributed by atoms with Crippen LogP contribution in [0, 0.1) is 0 Å². The number of Topliss-reactive ketones (excluding diaryl/α,β-unsaturated/α-hetero) is 2. The summed E-state index contributed by atoms with van der Waals surface area (Å²) in [5, 5.41) is 19.2. The molecular weight excluding hydrogens is 560 g/mol. The number of ketones is 2. The third-order valence-electron chi connectivity index (χ3n) is 7.85. The molecule has 0 unspecified atom stereocenters. The van der Waals surface area contributed by atoms with Gasteiger partial charge < -0.3 is 29.2 Å². The van der Waals surface area contributed by atoms with Gasteiger partial charge in [0.15, 0.2) is 18.4 Å². The quantitative estimate of drug-likeness (QED) is 0.0971. The summed E-state index contributed by atoms with van der Waals surface area (Å²) in [5.41, 5.74) is -0.740. The molecule has 0 bridgehead atoms. The van der Waals surface area contributed by atoms with Crippen LogP contribution in [0.3, 0.4) is 0 Å². The average molecular weight is 611 g/mol. The van der Waals surface area contributed by atoms with Gasteiger partial charge in [-0.25, -0.2) is 0 Å². The number of hydrogen-bond acceptors (Lipinski definition) is 8. The van der Waals surface area contributed by atoms with Gasteiger partial charge in [-0.2, -0.15) is 0 Å². The fourth-order valence-corrected chi connectivity index (χ4v) is 5.54. The Hall–Kier alpha value is -3.30. The van der Waals surface area contributed by atoms with Gasteiger partial charge in [-0.15, -0.1) is 13.2 Å². The zero-order valence-corrected chi connectivity index (χ0v) is 25.1. The van der Waals surface area contributed by atoms with Crippen LogP contribution in [0.15, 0.2) is 73.8 Å². The summed E-state index contributed by atoms with van der Waals surface area (Å²) in [4.78, 5) is 25.3. The highest BCUT2D eigenvalue weighted by Crippen LogP contribution is 2.35. The summed E-state index contributed by atoms with van der Waals surface area (Å²) in [6.07, 6.45) is 12.1. The van der Waals surface area contributed by atoms with E-state index in [1.807, 2.05) is 0 Å². The van der Waals surface area contributed by atoms with Gasteiger partial charge >= 0.3 is 0 Å². The number of carbonyl (C=O) groups excluding carboxylic acids is 2. The van der Waals surface area contributed by atoms with Crippen LogP contribution in [-0.2, 0) is 9.47 Å². The predicted octanol–water partition coefficient (Wildman–Crippen LogP) is 6.89. The molecule has 2 N–H and O–H groups in total. The van der Waals surface area contributed by atoms with Crippen molar-refractivity contribution >= 4 is 11.6 Å². The molecule has 0 amide bonds. The molecule has 2 aromatic carbocycles. The second-order valence-electron chi connectivity index (χ2n) is 10.9. The zero-order chi connectivity index (χ0) is 31.0. The highest BCUT2D eigenvalue weighted by Gasteiger charge is 2.41. The van der Waals surface area contributed by atoms with Gasteiger partial charge in [0, 0.05) is 11.1 Å². The highest BCUT2D eigenvalue weighted by atomic mass is 16.6. The van der Waals surface area contributed by atoms with E-state index in [0.29, 0.717) is 61.9 Å². The molecular formula is C36H50O8. The van der Waals surface area contributed by atoms with Crippen molar-refractivity contribution in [1.29, 1.82) is 0 Å². The number of ether oxygens (including phenoxy) is 4. The fraction of sp³-hybridized carbons (Fsp3) is 0.500. The molecule has 2 aliphatic carbocycles. The summed E-state index contributed by atoms with van der Waals surface area (Å²) < 4.78 is 21.6. The molecule has 2 aromatic rings. The summed E-state index contributed by atoms with van der Waals surface area (Å²) in [6, 6.07) is 13.8. The van der Waals surface area contributed by atoms with E-state index in [9.17, 15) is 14.7 Å². The SMILES string of the molecule is C.C=CCOC1(C(=O)c2ccc(OCO)cc2)CCCCC1.C=CCOCCOc1ccc(C(=O)C2(O)CCCCC2)cc1. The van der Waals surface area contributed by atoms with E-state index in [0.717, 1.165) is 51.4 Å². The molecule has 0 spiro atoms. The Morgan fingerprint density at radius 2 is 1.20 bits per heavy atom. The topological polar surface area (TPSA) is 112 Å². The molecule has 44 heavy (non-hydrogen) atoms. The molecule has 8 nitrogen and oxygen atoms in total. The van der Waals surface area contributed by atoms with Crippen molar-refractivity contribution in [2.24, 2.45) is 0 Å². The van der Waals surface area contributed by atoms with Crippen LogP contribution in [-0.4, -0.2) is 66.2 Å². The van der Waals surface area contributed by atoms with Crippen LogP contribution in [0.4, 0.5) is 0 Å². The van der Waals surface area contributed by atoms with Crippen LogP contribution in [0.25, 0.3) is 0 Å². The van der Waals surface area contributed by atoms with Crippen LogP contribution in [0.1, 0.15) is 92.4 Å². The van der Waals surface area contributed by atoms with E-state index in [2.05, 4.69) is 13.2 Å². The van der Waals surface area contributed by atoms with Crippen molar-refractivity contribution in [2.45, 2.75) is 82.8 Å². The third-order valence-corrected chi connectivity index (χ3v) is 7.85. The number of hydrogen-bond donors (Lipinski definition) is 2. The number of aliphatic hydroxyl groups excluding tert-OH is 1. The third kappa shape index (κ3) is 10.7. The standard InChI is InChI=1S/C18H24O4.C17H22O4.CH4/c1-2-12-21-13-14-22-16-8-6-15(7-9-16)17(19)18(20)10-4-3-5-11-18;1-2-12-21-17(10-4-3-5-11-17)16(19)14-6-8-15(9-7-14)20-13-18;/h2,6-9,20H,1,3-5,10-14H2;2,6-9,18H,1,3-5,10-13H2;1H4. The summed E-state index contributed by atoms with van der Waals surface area (Å²) in [7, 11) is 0. The van der Waals surface area contributed by atoms with Crippen LogP contribution in [0.2, 0.25) is 0 Å². The Kier molecular flexibility index (Phi) is 16.1. The smallest absolute Gasteiger partial charge is 0.194 e. The number of aliphatic hydroxyl groups is 2. The molecule has 2 fully saturated rings. The molecule has 0 atom stereocenters. The van der Waals surface area contributed by atoms with E-state index >= 15 is 0 Å². The molecule has 2 saturated carbocycles. The van der Waals surface area contributed by atoms with Crippen LogP contribution < -0.4 is 9.47 Å². The van der Waals surface area contributed by atoms with Crippen LogP contribution >= 0.6 is 0 Å². The van der Waals surface area contributed by atoms with Gasteiger partial charge in [-0.3, -0.25) is 9.59 Å². The maximum Gasteiger partial charge on any atom is 0.194 e. The van der Waals surface area contributed by atoms with Crippen molar-refractivity contribution in [3.8, 4) is 11.5 Å². The van der Waals surface area contributed by atoms with E-state index < -0.39 is 11.2 Å². The largest absolute Gasteiger partial charge is 0.491 e. The van der Waals surface area contributed by atoms with Crippen molar-refractivity contribution in [1.82, 2.24) is 0 Å². The Morgan fingerprint density at radius 3 is 1.73 bits per heavy atom. The molecule has 0 radical (unpaired) electrons. The van der Waals surface area contributed by atoms with Crippen molar-refractivity contribution in [3.05, 3.63) is 85.0 Å². The molecule has 0 saturated heterocycles. The van der Waals surface area contributed by atoms with Crippen molar-refractivity contribution in [3.63, 3.8) is 0 Å². The molecule has 4 rings (SSSR count). The van der Waals surface area contributed by atoms with Crippen molar-refractivity contribution in [2.75, 3.05) is 33.2 Å². The van der Waals surface area contributed by atoms with E-state index in [4.69, 9.17) is 24.1 Å². The number of rotatable bonds is 15.